The molecule has 3 aliphatic heterocycles. The molecule has 0 aromatic carbocycles. The van der Waals surface area contributed by atoms with E-state index in [-0.39, 0.29) is 0 Å². The highest BCUT2D eigenvalue weighted by Crippen LogP contribution is 2.37. The zero-order valence-corrected chi connectivity index (χ0v) is 10.5. The molecule has 3 heteroatoms. The lowest BCUT2D eigenvalue weighted by Gasteiger charge is -2.41. The molecule has 4 unspecified atom stereocenters. The maximum Gasteiger partial charge on any atom is 0.0735 e. The van der Waals surface area contributed by atoms with Gasteiger partial charge in [0.25, 0.3) is 0 Å². The van der Waals surface area contributed by atoms with Crippen molar-refractivity contribution in [1.82, 2.24) is 10.2 Å². The predicted octanol–water partition coefficient (Wildman–Crippen LogP) is 1.24. The van der Waals surface area contributed by atoms with Crippen LogP contribution in [0.4, 0.5) is 0 Å². The number of ether oxygens (including phenoxy) is 1. The first kappa shape index (κ1) is 11.0. The summed E-state index contributed by atoms with van der Waals surface area (Å²) in [7, 11) is 0. The molecule has 3 aliphatic rings. The second kappa shape index (κ2) is 4.28. The van der Waals surface area contributed by atoms with Gasteiger partial charge in [0.2, 0.25) is 0 Å². The van der Waals surface area contributed by atoms with Gasteiger partial charge in [0.15, 0.2) is 0 Å². The van der Waals surface area contributed by atoms with Gasteiger partial charge in [0.05, 0.1) is 12.2 Å². The minimum Gasteiger partial charge on any atom is -0.373 e. The molecule has 1 N–H and O–H groups in total. The van der Waals surface area contributed by atoms with Gasteiger partial charge in [-0.1, -0.05) is 13.8 Å². The minimum absolute atomic E-state index is 0.552. The van der Waals surface area contributed by atoms with Gasteiger partial charge in [-0.05, 0) is 25.2 Å². The molecular formula is C13H24N2O. The van der Waals surface area contributed by atoms with E-state index in [9.17, 15) is 0 Å². The lowest BCUT2D eigenvalue weighted by atomic mass is 9.92. The van der Waals surface area contributed by atoms with Crippen LogP contribution in [0.5, 0.6) is 0 Å². The third-order valence-electron chi connectivity index (χ3n) is 4.58. The molecule has 92 valence electrons. The highest BCUT2D eigenvalue weighted by atomic mass is 16.5. The van der Waals surface area contributed by atoms with E-state index in [0.29, 0.717) is 18.2 Å². The Bertz CT molecular complexity index is 256. The summed E-state index contributed by atoms with van der Waals surface area (Å²) in [4.78, 5) is 2.69. The van der Waals surface area contributed by atoms with Crippen molar-refractivity contribution in [1.29, 1.82) is 0 Å². The fraction of sp³-hybridized carbons (Fsp3) is 1.00. The molecule has 0 spiro atoms. The van der Waals surface area contributed by atoms with Crippen LogP contribution in [0.3, 0.4) is 0 Å². The average Bonchev–Trinajstić information content (AvgIpc) is 2.91. The van der Waals surface area contributed by atoms with E-state index in [1.54, 1.807) is 0 Å². The Hall–Kier alpha value is -0.120. The van der Waals surface area contributed by atoms with E-state index in [0.717, 1.165) is 18.5 Å². The molecule has 3 fully saturated rings. The molecule has 3 nitrogen and oxygen atoms in total. The zero-order chi connectivity index (χ0) is 11.1. The number of hydrogen-bond donors (Lipinski definition) is 1. The monoisotopic (exact) mass is 224 g/mol. The van der Waals surface area contributed by atoms with E-state index >= 15 is 0 Å². The lowest BCUT2D eigenvalue weighted by Crippen LogP contribution is -2.57. The Morgan fingerprint density at radius 2 is 2.19 bits per heavy atom. The summed E-state index contributed by atoms with van der Waals surface area (Å²) in [5, 5.41) is 3.63. The van der Waals surface area contributed by atoms with Crippen LogP contribution < -0.4 is 5.32 Å². The van der Waals surface area contributed by atoms with Crippen molar-refractivity contribution in [2.75, 3.05) is 19.6 Å². The molecule has 0 radical (unpaired) electrons. The molecule has 3 heterocycles. The number of fused-ring (bicyclic) bond motifs is 2. The molecule has 0 aromatic heterocycles. The second-order valence-electron chi connectivity index (χ2n) is 5.98. The first-order valence-corrected chi connectivity index (χ1v) is 6.87. The standard InChI is InChI=1S/C13H24N2O/c1-9(2)11-8-15(6-5-14-11)12-7-10-3-4-13(12)16-10/h9-14H,3-8H2,1-2H3. The van der Waals surface area contributed by atoms with Crippen LogP contribution in [0.1, 0.15) is 33.1 Å². The third-order valence-corrected chi connectivity index (χ3v) is 4.58. The van der Waals surface area contributed by atoms with Gasteiger partial charge >= 0.3 is 0 Å². The van der Waals surface area contributed by atoms with Crippen LogP contribution in [0.15, 0.2) is 0 Å². The molecule has 3 saturated heterocycles. The summed E-state index contributed by atoms with van der Waals surface area (Å²) in [5.41, 5.74) is 0. The Labute approximate surface area is 98.5 Å². The maximum absolute atomic E-state index is 5.97. The Morgan fingerprint density at radius 1 is 1.31 bits per heavy atom. The first-order valence-electron chi connectivity index (χ1n) is 6.87. The molecule has 4 atom stereocenters. The normalized spacial score (nSPS) is 44.4. The van der Waals surface area contributed by atoms with Crippen molar-refractivity contribution < 1.29 is 4.74 Å². The van der Waals surface area contributed by atoms with Crippen molar-refractivity contribution >= 4 is 0 Å². The van der Waals surface area contributed by atoms with Gasteiger partial charge in [0, 0.05) is 31.7 Å². The SMILES string of the molecule is CC(C)C1CN(C2CC3CCC2O3)CCN1. The summed E-state index contributed by atoms with van der Waals surface area (Å²) >= 11 is 0. The van der Waals surface area contributed by atoms with Gasteiger partial charge in [-0.25, -0.2) is 0 Å². The zero-order valence-electron chi connectivity index (χ0n) is 10.5. The summed E-state index contributed by atoms with van der Waals surface area (Å²) in [6.07, 6.45) is 5.03. The number of rotatable bonds is 2. The van der Waals surface area contributed by atoms with Crippen LogP contribution in [-0.2, 0) is 4.74 Å². The fourth-order valence-corrected chi connectivity index (χ4v) is 3.55. The van der Waals surface area contributed by atoms with Crippen LogP contribution >= 0.6 is 0 Å². The van der Waals surface area contributed by atoms with Crippen LogP contribution in [-0.4, -0.2) is 48.8 Å². The maximum atomic E-state index is 5.97. The largest absolute Gasteiger partial charge is 0.373 e. The molecule has 0 amide bonds. The fourth-order valence-electron chi connectivity index (χ4n) is 3.55. The van der Waals surface area contributed by atoms with Gasteiger partial charge < -0.3 is 10.1 Å². The van der Waals surface area contributed by atoms with Crippen molar-refractivity contribution in [3.63, 3.8) is 0 Å². The third kappa shape index (κ3) is 1.89. The number of hydrogen-bond acceptors (Lipinski definition) is 3. The quantitative estimate of drug-likeness (QED) is 0.763. The van der Waals surface area contributed by atoms with Crippen molar-refractivity contribution in [2.45, 2.75) is 57.4 Å². The number of nitrogens with one attached hydrogen (secondary N) is 1. The Kier molecular flexibility index (Phi) is 2.94. The topological polar surface area (TPSA) is 24.5 Å². The number of piperazine rings is 1. The first-order chi connectivity index (χ1) is 7.74. The molecule has 3 rings (SSSR count). The van der Waals surface area contributed by atoms with E-state index in [2.05, 4.69) is 24.1 Å². The van der Waals surface area contributed by atoms with Gasteiger partial charge in [-0.2, -0.15) is 0 Å². The van der Waals surface area contributed by atoms with Crippen LogP contribution in [0, 0.1) is 5.92 Å². The molecule has 2 bridgehead atoms. The second-order valence-corrected chi connectivity index (χ2v) is 5.98. The van der Waals surface area contributed by atoms with E-state index in [1.165, 1.54) is 32.4 Å². The predicted molar refractivity (Wildman–Crippen MR) is 64.5 cm³/mol. The van der Waals surface area contributed by atoms with E-state index < -0.39 is 0 Å². The van der Waals surface area contributed by atoms with Crippen molar-refractivity contribution in [2.24, 2.45) is 5.92 Å². The van der Waals surface area contributed by atoms with E-state index in [4.69, 9.17) is 4.74 Å². The Morgan fingerprint density at radius 3 is 2.81 bits per heavy atom. The minimum atomic E-state index is 0.552. The summed E-state index contributed by atoms with van der Waals surface area (Å²) in [5.74, 6) is 0.738. The van der Waals surface area contributed by atoms with Crippen LogP contribution in [0.2, 0.25) is 0 Å². The highest BCUT2D eigenvalue weighted by molar-refractivity contribution is 4.97. The molecule has 0 aromatic rings. The summed E-state index contributed by atoms with van der Waals surface area (Å²) < 4.78 is 5.97. The van der Waals surface area contributed by atoms with E-state index in [1.807, 2.05) is 0 Å². The average molecular weight is 224 g/mol. The molecule has 0 aliphatic carbocycles. The Balaban J connectivity index is 1.62. The van der Waals surface area contributed by atoms with Gasteiger partial charge in [-0.3, -0.25) is 4.90 Å². The van der Waals surface area contributed by atoms with Gasteiger partial charge in [-0.15, -0.1) is 0 Å². The summed E-state index contributed by atoms with van der Waals surface area (Å²) in [6.45, 7) is 8.21. The summed E-state index contributed by atoms with van der Waals surface area (Å²) in [6, 6.07) is 1.40. The smallest absolute Gasteiger partial charge is 0.0735 e. The van der Waals surface area contributed by atoms with Crippen molar-refractivity contribution in [3.8, 4) is 0 Å². The molecule has 0 saturated carbocycles. The van der Waals surface area contributed by atoms with Gasteiger partial charge in [0.1, 0.15) is 0 Å². The number of nitrogens with zero attached hydrogens (tertiary/aromatic N) is 1. The molecule has 16 heavy (non-hydrogen) atoms. The van der Waals surface area contributed by atoms with Crippen LogP contribution in [0.25, 0.3) is 0 Å². The lowest BCUT2D eigenvalue weighted by molar-refractivity contribution is 0.0541. The highest BCUT2D eigenvalue weighted by Gasteiger charge is 2.44. The molecular weight excluding hydrogens is 200 g/mol. The van der Waals surface area contributed by atoms with Crippen molar-refractivity contribution in [3.05, 3.63) is 0 Å².